The molecule has 112 valence electrons. The SMILES string of the molecule is Cc1cc(Nc2nccc(-c3ncc(Cl)s3)n2)cc(C)c1C. The molecule has 0 aliphatic rings. The maximum Gasteiger partial charge on any atom is 0.227 e. The molecule has 0 aliphatic heterocycles. The second-order valence-corrected chi connectivity index (χ2v) is 6.76. The molecule has 0 unspecified atom stereocenters. The summed E-state index contributed by atoms with van der Waals surface area (Å²) in [6.07, 6.45) is 3.34. The number of anilines is 2. The number of hydrogen-bond acceptors (Lipinski definition) is 5. The van der Waals surface area contributed by atoms with E-state index in [1.807, 2.05) is 6.07 Å². The number of thiazole rings is 1. The minimum Gasteiger partial charge on any atom is -0.324 e. The van der Waals surface area contributed by atoms with Gasteiger partial charge >= 0.3 is 0 Å². The van der Waals surface area contributed by atoms with Crippen LogP contribution in [0.2, 0.25) is 4.34 Å². The Balaban J connectivity index is 1.90. The Bertz CT molecular complexity index is 806. The third kappa shape index (κ3) is 3.10. The second-order valence-electron chi connectivity index (χ2n) is 5.10. The number of benzene rings is 1. The number of aryl methyl sites for hydroxylation is 2. The molecule has 0 aliphatic carbocycles. The number of halogens is 1. The Morgan fingerprint density at radius 2 is 1.82 bits per heavy atom. The Morgan fingerprint density at radius 3 is 2.45 bits per heavy atom. The second kappa shape index (κ2) is 6.02. The molecule has 1 aromatic carbocycles. The molecule has 22 heavy (non-hydrogen) atoms. The van der Waals surface area contributed by atoms with E-state index in [-0.39, 0.29) is 0 Å². The number of aromatic nitrogens is 3. The monoisotopic (exact) mass is 330 g/mol. The van der Waals surface area contributed by atoms with E-state index in [4.69, 9.17) is 11.6 Å². The summed E-state index contributed by atoms with van der Waals surface area (Å²) in [4.78, 5) is 13.0. The molecule has 1 N–H and O–H groups in total. The van der Waals surface area contributed by atoms with Gasteiger partial charge in [0.1, 0.15) is 15.0 Å². The number of hydrogen-bond donors (Lipinski definition) is 1. The largest absolute Gasteiger partial charge is 0.324 e. The first-order valence-electron chi connectivity index (χ1n) is 6.82. The van der Waals surface area contributed by atoms with Gasteiger partial charge in [0, 0.05) is 11.9 Å². The van der Waals surface area contributed by atoms with Crippen LogP contribution in [-0.2, 0) is 0 Å². The maximum atomic E-state index is 5.93. The van der Waals surface area contributed by atoms with E-state index in [1.165, 1.54) is 28.0 Å². The molecule has 6 heteroatoms. The molecule has 0 amide bonds. The van der Waals surface area contributed by atoms with Gasteiger partial charge < -0.3 is 5.32 Å². The van der Waals surface area contributed by atoms with Gasteiger partial charge in [-0.05, 0) is 55.7 Å². The van der Waals surface area contributed by atoms with Crippen LogP contribution in [0.15, 0.2) is 30.6 Å². The van der Waals surface area contributed by atoms with Crippen molar-refractivity contribution in [2.45, 2.75) is 20.8 Å². The van der Waals surface area contributed by atoms with Gasteiger partial charge in [-0.3, -0.25) is 0 Å². The van der Waals surface area contributed by atoms with E-state index in [1.54, 1.807) is 12.4 Å². The van der Waals surface area contributed by atoms with Crippen LogP contribution in [-0.4, -0.2) is 15.0 Å². The molecule has 2 heterocycles. The number of nitrogens with one attached hydrogen (secondary N) is 1. The quantitative estimate of drug-likeness (QED) is 0.740. The van der Waals surface area contributed by atoms with Gasteiger partial charge in [-0.25, -0.2) is 15.0 Å². The molecule has 4 nitrogen and oxygen atoms in total. The van der Waals surface area contributed by atoms with Gasteiger partial charge in [0.15, 0.2) is 0 Å². The van der Waals surface area contributed by atoms with Crippen molar-refractivity contribution in [2.75, 3.05) is 5.32 Å². The van der Waals surface area contributed by atoms with Crippen molar-refractivity contribution >= 4 is 34.6 Å². The summed E-state index contributed by atoms with van der Waals surface area (Å²) in [6, 6.07) is 6.02. The Kier molecular flexibility index (Phi) is 4.09. The predicted octanol–water partition coefficient (Wildman–Crippen LogP) is 4.92. The van der Waals surface area contributed by atoms with Crippen LogP contribution in [0.3, 0.4) is 0 Å². The highest BCUT2D eigenvalue weighted by atomic mass is 35.5. The maximum absolute atomic E-state index is 5.93. The molecule has 0 saturated carbocycles. The van der Waals surface area contributed by atoms with E-state index >= 15 is 0 Å². The summed E-state index contributed by atoms with van der Waals surface area (Å²) in [6.45, 7) is 6.32. The van der Waals surface area contributed by atoms with Crippen molar-refractivity contribution in [3.63, 3.8) is 0 Å². The van der Waals surface area contributed by atoms with Crippen LogP contribution in [0.5, 0.6) is 0 Å². The Morgan fingerprint density at radius 1 is 1.09 bits per heavy atom. The van der Waals surface area contributed by atoms with E-state index in [0.29, 0.717) is 10.3 Å². The summed E-state index contributed by atoms with van der Waals surface area (Å²) >= 11 is 7.33. The van der Waals surface area contributed by atoms with Gasteiger partial charge in [-0.1, -0.05) is 11.6 Å². The fourth-order valence-corrected chi connectivity index (χ4v) is 3.03. The summed E-state index contributed by atoms with van der Waals surface area (Å²) in [5.41, 5.74) is 5.53. The minimum atomic E-state index is 0.548. The normalized spacial score (nSPS) is 10.7. The van der Waals surface area contributed by atoms with Crippen LogP contribution in [0, 0.1) is 20.8 Å². The van der Waals surface area contributed by atoms with Gasteiger partial charge in [0.05, 0.1) is 6.20 Å². The molecule has 0 fully saturated rings. The zero-order valence-electron chi connectivity index (χ0n) is 12.5. The summed E-state index contributed by atoms with van der Waals surface area (Å²) in [5.74, 6) is 0.548. The Hall–Kier alpha value is -1.98. The van der Waals surface area contributed by atoms with E-state index in [9.17, 15) is 0 Å². The molecule has 3 aromatic rings. The molecular weight excluding hydrogens is 316 g/mol. The van der Waals surface area contributed by atoms with Crippen molar-refractivity contribution in [1.29, 1.82) is 0 Å². The Labute approximate surface area is 138 Å². The lowest BCUT2D eigenvalue weighted by Gasteiger charge is -2.10. The van der Waals surface area contributed by atoms with Crippen molar-refractivity contribution < 1.29 is 0 Å². The minimum absolute atomic E-state index is 0.548. The lowest BCUT2D eigenvalue weighted by atomic mass is 10.0. The van der Waals surface area contributed by atoms with Gasteiger partial charge in [0.25, 0.3) is 0 Å². The van der Waals surface area contributed by atoms with Crippen LogP contribution >= 0.6 is 22.9 Å². The highest BCUT2D eigenvalue weighted by Gasteiger charge is 2.08. The first kappa shape index (κ1) is 14.9. The van der Waals surface area contributed by atoms with E-state index in [0.717, 1.165) is 16.4 Å². The van der Waals surface area contributed by atoms with Crippen molar-refractivity contribution in [1.82, 2.24) is 15.0 Å². The summed E-state index contributed by atoms with van der Waals surface area (Å²) in [7, 11) is 0. The summed E-state index contributed by atoms with van der Waals surface area (Å²) < 4.78 is 0.646. The van der Waals surface area contributed by atoms with Crippen molar-refractivity contribution in [2.24, 2.45) is 0 Å². The van der Waals surface area contributed by atoms with Gasteiger partial charge in [-0.15, -0.1) is 11.3 Å². The smallest absolute Gasteiger partial charge is 0.227 e. The topological polar surface area (TPSA) is 50.7 Å². The first-order chi connectivity index (χ1) is 10.5. The molecule has 0 saturated heterocycles. The standard InChI is InChI=1S/C16H15ClN4S/c1-9-6-12(7-10(2)11(9)3)20-16-18-5-4-13(21-16)15-19-8-14(17)22-15/h4-8H,1-3H3,(H,18,20,21). The van der Waals surface area contributed by atoms with Crippen LogP contribution in [0.1, 0.15) is 16.7 Å². The highest BCUT2D eigenvalue weighted by molar-refractivity contribution is 7.18. The lowest BCUT2D eigenvalue weighted by molar-refractivity contribution is 1.16. The van der Waals surface area contributed by atoms with Gasteiger partial charge in [-0.2, -0.15) is 0 Å². The predicted molar refractivity (Wildman–Crippen MR) is 92.1 cm³/mol. The van der Waals surface area contributed by atoms with Crippen molar-refractivity contribution in [3.8, 4) is 10.7 Å². The third-order valence-electron chi connectivity index (χ3n) is 3.54. The fourth-order valence-electron chi connectivity index (χ4n) is 2.15. The van der Waals surface area contributed by atoms with Crippen LogP contribution in [0.25, 0.3) is 10.7 Å². The fraction of sp³-hybridized carbons (Fsp3) is 0.188. The molecule has 0 radical (unpaired) electrons. The van der Waals surface area contributed by atoms with Crippen molar-refractivity contribution in [3.05, 3.63) is 51.6 Å². The van der Waals surface area contributed by atoms with E-state index < -0.39 is 0 Å². The van der Waals surface area contributed by atoms with Gasteiger partial charge in [0.2, 0.25) is 5.95 Å². The zero-order valence-corrected chi connectivity index (χ0v) is 14.1. The summed E-state index contributed by atoms with van der Waals surface area (Å²) in [5, 5.41) is 4.04. The first-order valence-corrected chi connectivity index (χ1v) is 8.02. The molecular formula is C16H15ClN4S. The third-order valence-corrected chi connectivity index (χ3v) is 4.67. The molecule has 2 aromatic heterocycles. The van der Waals surface area contributed by atoms with Crippen LogP contribution < -0.4 is 5.32 Å². The molecule has 0 spiro atoms. The highest BCUT2D eigenvalue weighted by Crippen LogP contribution is 2.27. The number of nitrogens with zero attached hydrogens (tertiary/aromatic N) is 3. The molecule has 3 rings (SSSR count). The van der Waals surface area contributed by atoms with Crippen LogP contribution in [0.4, 0.5) is 11.6 Å². The average molecular weight is 331 g/mol. The molecule has 0 atom stereocenters. The lowest BCUT2D eigenvalue weighted by Crippen LogP contribution is -1.99. The number of rotatable bonds is 3. The van der Waals surface area contributed by atoms with E-state index in [2.05, 4.69) is 53.2 Å². The molecule has 0 bridgehead atoms. The average Bonchev–Trinajstić information content (AvgIpc) is 2.92. The zero-order chi connectivity index (χ0) is 15.7.